The van der Waals surface area contributed by atoms with Crippen LogP contribution in [0.5, 0.6) is 11.5 Å². The van der Waals surface area contributed by atoms with Gasteiger partial charge in [0.2, 0.25) is 11.8 Å². The fourth-order valence-corrected chi connectivity index (χ4v) is 5.52. The largest absolute Gasteiger partial charge is 0.493 e. The summed E-state index contributed by atoms with van der Waals surface area (Å²) in [7, 11) is -1.50. The van der Waals surface area contributed by atoms with Crippen LogP contribution in [0.25, 0.3) is 0 Å². The van der Waals surface area contributed by atoms with Crippen molar-refractivity contribution in [1.82, 2.24) is 10.2 Å². The molecule has 3 aromatic rings. The van der Waals surface area contributed by atoms with E-state index >= 15 is 0 Å². The first-order valence-electron chi connectivity index (χ1n) is 12.9. The number of hydrogen-bond acceptors (Lipinski definition) is 6. The van der Waals surface area contributed by atoms with Crippen molar-refractivity contribution in [2.45, 2.75) is 50.7 Å². The average Bonchev–Trinajstić information content (AvgIpc) is 2.94. The van der Waals surface area contributed by atoms with Crippen molar-refractivity contribution in [3.05, 3.63) is 84.2 Å². The predicted molar refractivity (Wildman–Crippen MR) is 155 cm³/mol. The molecular weight excluding hydrogens is 549 g/mol. The van der Waals surface area contributed by atoms with Gasteiger partial charge in [-0.15, -0.1) is 0 Å². The fourth-order valence-electron chi connectivity index (χ4n) is 4.09. The molecular formula is C30H36FN3O6S. The quantitative estimate of drug-likeness (QED) is 0.358. The molecule has 1 unspecified atom stereocenters. The molecule has 1 atom stereocenters. The first-order valence-corrected chi connectivity index (χ1v) is 14.4. The minimum atomic E-state index is -4.32. The molecule has 9 nitrogen and oxygen atoms in total. The Morgan fingerprint density at radius 2 is 1.54 bits per heavy atom. The van der Waals surface area contributed by atoms with E-state index in [-0.39, 0.29) is 28.4 Å². The van der Waals surface area contributed by atoms with Crippen molar-refractivity contribution in [3.8, 4) is 11.5 Å². The zero-order valence-electron chi connectivity index (χ0n) is 24.0. The molecule has 11 heteroatoms. The van der Waals surface area contributed by atoms with Crippen LogP contribution < -0.4 is 19.1 Å². The van der Waals surface area contributed by atoms with Crippen LogP contribution in [-0.2, 0) is 26.2 Å². The molecule has 0 aromatic heterocycles. The van der Waals surface area contributed by atoms with Crippen molar-refractivity contribution in [2.75, 3.05) is 25.1 Å². The Bertz CT molecular complexity index is 1480. The van der Waals surface area contributed by atoms with E-state index in [9.17, 15) is 22.4 Å². The number of carbonyl (C=O) groups excluding carboxylic acids is 2. The standard InChI is InChI=1S/C30H36FN3O6S/c1-21(29(36)32-30(2,3)4)33(19-22-12-10-11-15-25(22)31)28(35)20-34(23-13-8-7-9-14-23)41(37,38)24-16-17-26(39-5)27(18-24)40-6/h7-18,21H,19-20H2,1-6H3,(H,32,36). The highest BCUT2D eigenvalue weighted by atomic mass is 32.2. The summed E-state index contributed by atoms with van der Waals surface area (Å²) in [5.74, 6) is -1.18. The number of ether oxygens (including phenoxy) is 2. The topological polar surface area (TPSA) is 105 Å². The van der Waals surface area contributed by atoms with E-state index in [1.165, 1.54) is 62.4 Å². The Balaban J connectivity index is 2.06. The highest BCUT2D eigenvalue weighted by molar-refractivity contribution is 7.92. The first-order chi connectivity index (χ1) is 19.3. The van der Waals surface area contributed by atoms with E-state index in [0.717, 1.165) is 4.31 Å². The lowest BCUT2D eigenvalue weighted by molar-refractivity contribution is -0.140. The summed E-state index contributed by atoms with van der Waals surface area (Å²) in [6.45, 7) is 6.02. The van der Waals surface area contributed by atoms with Crippen molar-refractivity contribution < 1.29 is 31.9 Å². The van der Waals surface area contributed by atoms with E-state index in [2.05, 4.69) is 5.32 Å². The number of amides is 2. The molecule has 220 valence electrons. The van der Waals surface area contributed by atoms with Gasteiger partial charge in [-0.2, -0.15) is 0 Å². The van der Waals surface area contributed by atoms with Crippen LogP contribution in [0.2, 0.25) is 0 Å². The second-order valence-electron chi connectivity index (χ2n) is 10.4. The summed E-state index contributed by atoms with van der Waals surface area (Å²) in [5.41, 5.74) is -0.177. The van der Waals surface area contributed by atoms with Crippen LogP contribution in [0, 0.1) is 5.82 Å². The van der Waals surface area contributed by atoms with Gasteiger partial charge in [0.1, 0.15) is 18.4 Å². The number of nitrogens with one attached hydrogen (secondary N) is 1. The smallest absolute Gasteiger partial charge is 0.264 e. The maximum absolute atomic E-state index is 14.7. The SMILES string of the molecule is COc1ccc(S(=O)(=O)N(CC(=O)N(Cc2ccccc2F)C(C)C(=O)NC(C)(C)C)c2ccccc2)cc1OC. The van der Waals surface area contributed by atoms with E-state index in [4.69, 9.17) is 9.47 Å². The molecule has 0 saturated heterocycles. The van der Waals surface area contributed by atoms with Gasteiger partial charge in [-0.3, -0.25) is 13.9 Å². The molecule has 0 aliphatic carbocycles. The number of rotatable bonds is 11. The summed E-state index contributed by atoms with van der Waals surface area (Å²) in [4.78, 5) is 28.1. The van der Waals surface area contributed by atoms with Crippen LogP contribution in [0.1, 0.15) is 33.3 Å². The highest BCUT2D eigenvalue weighted by Crippen LogP contribution is 2.32. The molecule has 0 heterocycles. The molecule has 0 aliphatic heterocycles. The molecule has 2 amide bonds. The third-order valence-electron chi connectivity index (χ3n) is 6.23. The minimum Gasteiger partial charge on any atom is -0.493 e. The number of carbonyl (C=O) groups is 2. The summed E-state index contributed by atoms with van der Waals surface area (Å²) in [6, 6.07) is 17.1. The number of sulfonamides is 1. The van der Waals surface area contributed by atoms with Gasteiger partial charge in [-0.25, -0.2) is 12.8 Å². The minimum absolute atomic E-state index is 0.133. The molecule has 0 spiro atoms. The summed E-state index contributed by atoms with van der Waals surface area (Å²) >= 11 is 0. The number of hydrogen-bond donors (Lipinski definition) is 1. The van der Waals surface area contributed by atoms with Crippen LogP contribution in [0.15, 0.2) is 77.7 Å². The Morgan fingerprint density at radius 1 is 0.927 bits per heavy atom. The van der Waals surface area contributed by atoms with Gasteiger partial charge in [0.05, 0.1) is 24.8 Å². The molecule has 0 aliphatic rings. The predicted octanol–water partition coefficient (Wildman–Crippen LogP) is 4.37. The van der Waals surface area contributed by atoms with Gasteiger partial charge in [0, 0.05) is 23.7 Å². The molecule has 1 N–H and O–H groups in total. The second kappa shape index (κ2) is 13.0. The third-order valence-corrected chi connectivity index (χ3v) is 8.00. The van der Waals surface area contributed by atoms with Crippen molar-refractivity contribution in [2.24, 2.45) is 0 Å². The fraction of sp³-hybridized carbons (Fsp3) is 0.333. The lowest BCUT2D eigenvalue weighted by atomic mass is 10.1. The number of para-hydroxylation sites is 1. The normalized spacial score (nSPS) is 12.3. The molecule has 0 fully saturated rings. The van der Waals surface area contributed by atoms with Gasteiger partial charge < -0.3 is 19.7 Å². The van der Waals surface area contributed by atoms with Gasteiger partial charge in [0.25, 0.3) is 10.0 Å². The Labute approximate surface area is 240 Å². The summed E-state index contributed by atoms with van der Waals surface area (Å²) in [5, 5.41) is 2.84. The lowest BCUT2D eigenvalue weighted by Crippen LogP contribution is -2.54. The number of halogens is 1. The van der Waals surface area contributed by atoms with Crippen LogP contribution >= 0.6 is 0 Å². The summed E-state index contributed by atoms with van der Waals surface area (Å²) < 4.78 is 54.1. The molecule has 3 aromatic carbocycles. The Kier molecular flexibility index (Phi) is 9.98. The van der Waals surface area contributed by atoms with Crippen molar-refractivity contribution in [3.63, 3.8) is 0 Å². The van der Waals surface area contributed by atoms with Gasteiger partial charge in [0.15, 0.2) is 11.5 Å². The van der Waals surface area contributed by atoms with E-state index in [0.29, 0.717) is 5.75 Å². The van der Waals surface area contributed by atoms with Crippen LogP contribution in [0.4, 0.5) is 10.1 Å². The second-order valence-corrected chi connectivity index (χ2v) is 12.3. The molecule has 0 saturated carbocycles. The van der Waals surface area contributed by atoms with E-state index in [1.54, 1.807) is 57.2 Å². The highest BCUT2D eigenvalue weighted by Gasteiger charge is 2.34. The van der Waals surface area contributed by atoms with Crippen LogP contribution in [-0.4, -0.2) is 57.5 Å². The molecule has 3 rings (SSSR count). The van der Waals surface area contributed by atoms with Gasteiger partial charge in [-0.1, -0.05) is 36.4 Å². The Morgan fingerprint density at radius 3 is 2.12 bits per heavy atom. The maximum atomic E-state index is 14.7. The monoisotopic (exact) mass is 585 g/mol. The van der Waals surface area contributed by atoms with Gasteiger partial charge in [-0.05, 0) is 58.0 Å². The first kappa shape index (κ1) is 31.4. The van der Waals surface area contributed by atoms with E-state index < -0.39 is 45.8 Å². The number of nitrogens with zero attached hydrogens (tertiary/aromatic N) is 2. The zero-order chi connectivity index (χ0) is 30.4. The number of methoxy groups -OCH3 is 2. The average molecular weight is 586 g/mol. The van der Waals surface area contributed by atoms with Crippen molar-refractivity contribution in [1.29, 1.82) is 0 Å². The lowest BCUT2D eigenvalue weighted by Gasteiger charge is -2.33. The van der Waals surface area contributed by atoms with E-state index in [1.807, 2.05) is 0 Å². The zero-order valence-corrected chi connectivity index (χ0v) is 24.9. The molecule has 0 radical (unpaired) electrons. The van der Waals surface area contributed by atoms with Gasteiger partial charge >= 0.3 is 0 Å². The maximum Gasteiger partial charge on any atom is 0.264 e. The van der Waals surface area contributed by atoms with Crippen molar-refractivity contribution >= 4 is 27.5 Å². The summed E-state index contributed by atoms with van der Waals surface area (Å²) in [6.07, 6.45) is 0. The third kappa shape index (κ3) is 7.75. The van der Waals surface area contributed by atoms with Crippen LogP contribution in [0.3, 0.4) is 0 Å². The Hall–Kier alpha value is -4.12. The molecule has 0 bridgehead atoms. The number of benzene rings is 3. The number of anilines is 1. The molecule has 41 heavy (non-hydrogen) atoms.